The molecule has 0 bridgehead atoms. The van der Waals surface area contributed by atoms with Crippen molar-refractivity contribution in [1.29, 1.82) is 0 Å². The Morgan fingerprint density at radius 2 is 2.40 bits per heavy atom. The van der Waals surface area contributed by atoms with Gasteiger partial charge in [0.15, 0.2) is 0 Å². The molecule has 4 nitrogen and oxygen atoms in total. The third kappa shape index (κ3) is 1.44. The van der Waals surface area contributed by atoms with Crippen molar-refractivity contribution in [3.05, 3.63) is 24.0 Å². The molecule has 5 heteroatoms. The molecule has 0 aromatic carbocycles. The molecule has 0 saturated heterocycles. The predicted octanol–water partition coefficient (Wildman–Crippen LogP) is -0.0348. The van der Waals surface area contributed by atoms with Gasteiger partial charge in [0, 0.05) is 12.4 Å². The van der Waals surface area contributed by atoms with Crippen LogP contribution < -0.4 is 0 Å². The molecular formula is C5H7NO3S. The van der Waals surface area contributed by atoms with Gasteiger partial charge >= 0.3 is 0 Å². The zero-order valence-electron chi connectivity index (χ0n) is 5.10. The molecule has 1 rings (SSSR count). The maximum Gasteiger partial charge on any atom is 0.265 e. The average Bonchev–Trinajstić information content (AvgIpc) is 2.34. The van der Waals surface area contributed by atoms with Crippen LogP contribution in [-0.4, -0.2) is 17.8 Å². The van der Waals surface area contributed by atoms with E-state index in [1.165, 1.54) is 12.4 Å². The van der Waals surface area contributed by atoms with Crippen molar-refractivity contribution in [3.63, 3.8) is 0 Å². The van der Waals surface area contributed by atoms with Crippen molar-refractivity contribution in [2.24, 2.45) is 0 Å². The van der Waals surface area contributed by atoms with Crippen LogP contribution in [0, 0.1) is 0 Å². The first kappa shape index (κ1) is 7.46. The fourth-order valence-corrected chi connectivity index (χ4v) is 1.000. The second-order valence-electron chi connectivity index (χ2n) is 1.77. The number of aliphatic hydroxyl groups excluding tert-OH is 1. The number of aliphatic hydroxyl groups is 1. The van der Waals surface area contributed by atoms with E-state index in [0.717, 1.165) is 3.97 Å². The Balaban J connectivity index is 2.88. The Bertz CT molecular complexity index is 245. The Kier molecular flexibility index (Phi) is 2.21. The number of hydrogen-bond acceptors (Lipinski definition) is 2. The molecule has 1 aromatic heterocycles. The predicted molar refractivity (Wildman–Crippen MR) is 36.5 cm³/mol. The van der Waals surface area contributed by atoms with Crippen molar-refractivity contribution < 1.29 is 13.9 Å². The van der Waals surface area contributed by atoms with Crippen LogP contribution in [-0.2, 0) is 17.9 Å². The van der Waals surface area contributed by atoms with Gasteiger partial charge in [-0.15, -0.1) is 0 Å². The third-order valence-electron chi connectivity index (χ3n) is 1.09. The van der Waals surface area contributed by atoms with Crippen LogP contribution >= 0.6 is 0 Å². The standard InChI is InChI=1S/C5H7NO3S/c7-4-5-1-2-6(3-5)10(8)9/h1-3,7H,4H2,(H,8,9). The van der Waals surface area contributed by atoms with E-state index in [1.54, 1.807) is 6.07 Å². The summed E-state index contributed by atoms with van der Waals surface area (Å²) in [6.45, 7) is -0.107. The molecule has 0 aliphatic carbocycles. The van der Waals surface area contributed by atoms with Crippen molar-refractivity contribution in [2.75, 3.05) is 0 Å². The molecular weight excluding hydrogens is 154 g/mol. The van der Waals surface area contributed by atoms with Crippen LogP contribution in [0.3, 0.4) is 0 Å². The Morgan fingerprint density at radius 3 is 2.70 bits per heavy atom. The number of nitrogens with zero attached hydrogens (tertiary/aromatic N) is 1. The van der Waals surface area contributed by atoms with E-state index in [9.17, 15) is 4.21 Å². The normalized spacial score (nSPS) is 13.4. The molecule has 0 radical (unpaired) electrons. The second kappa shape index (κ2) is 2.96. The molecule has 0 spiro atoms. The highest BCUT2D eigenvalue weighted by Crippen LogP contribution is 2.00. The van der Waals surface area contributed by atoms with E-state index in [1.807, 2.05) is 0 Å². The van der Waals surface area contributed by atoms with Gasteiger partial charge in [0.1, 0.15) is 0 Å². The third-order valence-corrected chi connectivity index (χ3v) is 1.68. The van der Waals surface area contributed by atoms with Crippen molar-refractivity contribution in [1.82, 2.24) is 3.97 Å². The molecule has 0 aliphatic heterocycles. The summed E-state index contributed by atoms with van der Waals surface area (Å²) in [6.07, 6.45) is 2.85. The summed E-state index contributed by atoms with van der Waals surface area (Å²) in [4.78, 5) is 0. The van der Waals surface area contributed by atoms with E-state index >= 15 is 0 Å². The molecule has 1 aromatic rings. The fourth-order valence-electron chi connectivity index (χ4n) is 0.609. The van der Waals surface area contributed by atoms with Crippen molar-refractivity contribution in [3.8, 4) is 0 Å². The molecule has 2 N–H and O–H groups in total. The highest BCUT2D eigenvalue weighted by Gasteiger charge is 1.97. The number of rotatable bonds is 2. The summed E-state index contributed by atoms with van der Waals surface area (Å²) in [5.74, 6) is 0. The highest BCUT2D eigenvalue weighted by atomic mass is 32.2. The highest BCUT2D eigenvalue weighted by molar-refractivity contribution is 7.77. The van der Waals surface area contributed by atoms with Crippen LogP contribution in [0.4, 0.5) is 0 Å². The van der Waals surface area contributed by atoms with Gasteiger partial charge in [0.2, 0.25) is 0 Å². The molecule has 0 aliphatic rings. The van der Waals surface area contributed by atoms with Crippen LogP contribution in [0.1, 0.15) is 5.56 Å². The molecule has 10 heavy (non-hydrogen) atoms. The summed E-state index contributed by atoms with van der Waals surface area (Å²) >= 11 is -2.00. The van der Waals surface area contributed by atoms with Gasteiger partial charge in [0.25, 0.3) is 11.3 Å². The van der Waals surface area contributed by atoms with E-state index in [0.29, 0.717) is 5.56 Å². The lowest BCUT2D eigenvalue weighted by molar-refractivity contribution is 0.282. The lowest BCUT2D eigenvalue weighted by Gasteiger charge is -1.90. The van der Waals surface area contributed by atoms with E-state index in [-0.39, 0.29) is 6.61 Å². The topological polar surface area (TPSA) is 62.5 Å². The average molecular weight is 161 g/mol. The van der Waals surface area contributed by atoms with Crippen molar-refractivity contribution >= 4 is 11.3 Å². The monoisotopic (exact) mass is 161 g/mol. The molecule has 0 saturated carbocycles. The Morgan fingerprint density at radius 1 is 1.70 bits per heavy atom. The number of aromatic nitrogens is 1. The summed E-state index contributed by atoms with van der Waals surface area (Å²) in [6, 6.07) is 1.58. The Hall–Kier alpha value is -0.650. The van der Waals surface area contributed by atoms with Gasteiger partial charge in [-0.05, 0) is 11.6 Å². The zero-order chi connectivity index (χ0) is 7.56. The molecule has 0 amide bonds. The Labute approximate surface area is 60.5 Å². The summed E-state index contributed by atoms with van der Waals surface area (Å²) in [5.41, 5.74) is 0.627. The van der Waals surface area contributed by atoms with Crippen LogP contribution in [0.5, 0.6) is 0 Å². The summed E-state index contributed by atoms with van der Waals surface area (Å²) in [5, 5.41) is 8.54. The maximum absolute atomic E-state index is 10.3. The van der Waals surface area contributed by atoms with Gasteiger partial charge in [-0.25, -0.2) is 4.21 Å². The lowest BCUT2D eigenvalue weighted by atomic mass is 10.4. The molecule has 56 valence electrons. The fraction of sp³-hybridized carbons (Fsp3) is 0.200. The minimum absolute atomic E-state index is 0.107. The van der Waals surface area contributed by atoms with Gasteiger partial charge in [-0.1, -0.05) is 0 Å². The van der Waals surface area contributed by atoms with E-state index in [2.05, 4.69) is 0 Å². The second-order valence-corrected chi connectivity index (χ2v) is 2.65. The van der Waals surface area contributed by atoms with Crippen LogP contribution in [0.2, 0.25) is 0 Å². The molecule has 0 fully saturated rings. The SMILES string of the molecule is O=S(O)n1ccc(CO)c1. The van der Waals surface area contributed by atoms with E-state index in [4.69, 9.17) is 9.66 Å². The smallest absolute Gasteiger partial charge is 0.265 e. The van der Waals surface area contributed by atoms with Gasteiger partial charge < -0.3 is 5.11 Å². The van der Waals surface area contributed by atoms with E-state index < -0.39 is 11.3 Å². The number of hydrogen-bond donors (Lipinski definition) is 2. The maximum atomic E-state index is 10.3. The summed E-state index contributed by atoms with van der Waals surface area (Å²) in [7, 11) is 0. The molecule has 1 heterocycles. The first-order valence-corrected chi connectivity index (χ1v) is 3.69. The minimum atomic E-state index is -2.00. The molecule has 1 unspecified atom stereocenters. The van der Waals surface area contributed by atoms with Gasteiger partial charge in [-0.3, -0.25) is 8.53 Å². The van der Waals surface area contributed by atoms with Gasteiger partial charge in [-0.2, -0.15) is 0 Å². The lowest BCUT2D eigenvalue weighted by Crippen LogP contribution is -1.97. The van der Waals surface area contributed by atoms with Crippen LogP contribution in [0.25, 0.3) is 0 Å². The quantitative estimate of drug-likeness (QED) is 0.598. The van der Waals surface area contributed by atoms with Gasteiger partial charge in [0.05, 0.1) is 6.61 Å². The largest absolute Gasteiger partial charge is 0.392 e. The summed E-state index contributed by atoms with van der Waals surface area (Å²) < 4.78 is 19.9. The van der Waals surface area contributed by atoms with Crippen molar-refractivity contribution in [2.45, 2.75) is 6.61 Å². The first-order valence-electron chi connectivity index (χ1n) is 2.63. The zero-order valence-corrected chi connectivity index (χ0v) is 5.91. The van der Waals surface area contributed by atoms with Crippen LogP contribution in [0.15, 0.2) is 18.5 Å². The first-order chi connectivity index (χ1) is 4.74. The molecule has 1 atom stereocenters. The minimum Gasteiger partial charge on any atom is -0.392 e.